The molecule has 2 bridgehead atoms. The van der Waals surface area contributed by atoms with Gasteiger partial charge in [0.15, 0.2) is 6.61 Å². The van der Waals surface area contributed by atoms with Crippen LogP contribution in [0.25, 0.3) is 33.4 Å². The predicted octanol–water partition coefficient (Wildman–Crippen LogP) is 6.63. The fourth-order valence-corrected chi connectivity index (χ4v) is 5.59. The maximum absolute atomic E-state index is 14.8. The molecule has 1 heterocycles. The SMILES string of the molecule is CNC(=O)c1c(-c2ccc(F)cc2)oc2cc(OCC(F)(F)F)c(-c3ccc(F)c(C(=O)NC45CC(C4)C5)c3)cc12. The van der Waals surface area contributed by atoms with E-state index in [4.69, 9.17) is 9.15 Å². The quantitative estimate of drug-likeness (QED) is 0.245. The van der Waals surface area contributed by atoms with Crippen LogP contribution in [0.3, 0.4) is 0 Å². The molecular formula is C30H23F5N2O4. The van der Waals surface area contributed by atoms with Crippen molar-refractivity contribution in [3.05, 3.63) is 77.4 Å². The van der Waals surface area contributed by atoms with E-state index in [1.165, 1.54) is 55.6 Å². The highest BCUT2D eigenvalue weighted by Gasteiger charge is 2.57. The van der Waals surface area contributed by atoms with Crippen LogP contribution < -0.4 is 15.4 Å². The summed E-state index contributed by atoms with van der Waals surface area (Å²) in [6, 6.07) is 11.4. The lowest BCUT2D eigenvalue weighted by Gasteiger charge is -2.61. The number of benzene rings is 3. The highest BCUT2D eigenvalue weighted by Crippen LogP contribution is 2.57. The topological polar surface area (TPSA) is 80.6 Å². The fourth-order valence-electron chi connectivity index (χ4n) is 5.59. The van der Waals surface area contributed by atoms with E-state index in [0.29, 0.717) is 11.5 Å². The van der Waals surface area contributed by atoms with E-state index < -0.39 is 36.2 Å². The lowest BCUT2D eigenvalue weighted by molar-refractivity contribution is -0.153. The molecule has 3 fully saturated rings. The first kappa shape index (κ1) is 26.8. The number of alkyl halides is 3. The minimum atomic E-state index is -4.67. The van der Waals surface area contributed by atoms with Gasteiger partial charge >= 0.3 is 6.18 Å². The Kier molecular flexibility index (Phi) is 6.28. The molecule has 11 heteroatoms. The number of hydrogen-bond acceptors (Lipinski definition) is 4. The number of ether oxygens (including phenoxy) is 1. The average molecular weight is 571 g/mol. The van der Waals surface area contributed by atoms with E-state index >= 15 is 0 Å². The minimum Gasteiger partial charge on any atom is -0.483 e. The van der Waals surface area contributed by atoms with Crippen LogP contribution in [0.2, 0.25) is 0 Å². The van der Waals surface area contributed by atoms with Gasteiger partial charge in [-0.2, -0.15) is 13.2 Å². The van der Waals surface area contributed by atoms with Gasteiger partial charge < -0.3 is 19.8 Å². The number of furan rings is 1. The lowest BCUT2D eigenvalue weighted by Crippen LogP contribution is -2.68. The third-order valence-corrected chi connectivity index (χ3v) is 7.68. The summed E-state index contributed by atoms with van der Waals surface area (Å²) in [5, 5.41) is 5.62. The number of rotatable bonds is 7. The first-order valence-electron chi connectivity index (χ1n) is 12.9. The summed E-state index contributed by atoms with van der Waals surface area (Å²) in [5.41, 5.74) is 0.141. The lowest BCUT2D eigenvalue weighted by atomic mass is 9.50. The summed E-state index contributed by atoms with van der Waals surface area (Å²) in [5.74, 6) is -2.08. The van der Waals surface area contributed by atoms with Gasteiger partial charge in [-0.15, -0.1) is 0 Å². The molecule has 3 aliphatic rings. The van der Waals surface area contributed by atoms with Crippen molar-refractivity contribution in [3.8, 4) is 28.2 Å². The second-order valence-corrected chi connectivity index (χ2v) is 10.5. The first-order valence-corrected chi connectivity index (χ1v) is 12.9. The van der Waals surface area contributed by atoms with Crippen LogP contribution in [0, 0.1) is 17.6 Å². The zero-order valence-corrected chi connectivity index (χ0v) is 21.6. The van der Waals surface area contributed by atoms with Gasteiger partial charge in [0.2, 0.25) is 0 Å². The first-order chi connectivity index (χ1) is 19.4. The smallest absolute Gasteiger partial charge is 0.422 e. The minimum absolute atomic E-state index is 0.0348. The molecule has 0 spiro atoms. The number of hydrogen-bond donors (Lipinski definition) is 2. The Balaban J connectivity index is 1.50. The molecule has 41 heavy (non-hydrogen) atoms. The summed E-state index contributed by atoms with van der Waals surface area (Å²) in [4.78, 5) is 25.9. The van der Waals surface area contributed by atoms with E-state index in [9.17, 15) is 31.5 Å². The molecule has 3 saturated carbocycles. The van der Waals surface area contributed by atoms with E-state index in [2.05, 4.69) is 10.6 Å². The van der Waals surface area contributed by atoms with Crippen molar-refractivity contribution in [2.45, 2.75) is 31.0 Å². The van der Waals surface area contributed by atoms with Crippen LogP contribution in [-0.2, 0) is 0 Å². The number of carbonyl (C=O) groups is 2. The molecule has 0 saturated heterocycles. The molecule has 2 amide bonds. The van der Waals surface area contributed by atoms with Gasteiger partial charge in [-0.05, 0) is 73.2 Å². The zero-order valence-electron chi connectivity index (χ0n) is 21.6. The summed E-state index contributed by atoms with van der Waals surface area (Å²) >= 11 is 0. The molecule has 0 aliphatic heterocycles. The largest absolute Gasteiger partial charge is 0.483 e. The molecule has 6 nitrogen and oxygen atoms in total. The fraction of sp³-hybridized carbons (Fsp3) is 0.267. The van der Waals surface area contributed by atoms with Gasteiger partial charge in [-0.25, -0.2) is 8.78 Å². The maximum Gasteiger partial charge on any atom is 0.422 e. The van der Waals surface area contributed by atoms with Crippen LogP contribution in [0.1, 0.15) is 40.0 Å². The van der Waals surface area contributed by atoms with Crippen LogP contribution in [0.15, 0.2) is 59.0 Å². The van der Waals surface area contributed by atoms with Crippen LogP contribution in [-0.4, -0.2) is 37.2 Å². The Labute approximate surface area is 230 Å². The standard InChI is InChI=1S/C30H23F5N2O4/c1-36-28(39)25-21-9-19(17-4-7-22(32)20(8-17)27(38)37-29-11-15(12-29)13-29)23(40-14-30(33,34)35)10-24(21)41-26(25)16-2-5-18(31)6-3-16/h2-10,15H,11-14H2,1H3,(H,36,39)(H,37,38). The van der Waals surface area contributed by atoms with E-state index in [-0.39, 0.29) is 50.3 Å². The summed E-state index contributed by atoms with van der Waals surface area (Å²) in [6.07, 6.45) is -2.15. The molecular weight excluding hydrogens is 547 g/mol. The molecule has 3 aromatic carbocycles. The predicted molar refractivity (Wildman–Crippen MR) is 139 cm³/mol. The second kappa shape index (κ2) is 9.60. The number of nitrogens with one attached hydrogen (secondary N) is 2. The van der Waals surface area contributed by atoms with Gasteiger partial charge in [0.25, 0.3) is 11.8 Å². The number of carbonyl (C=O) groups excluding carboxylic acids is 2. The third-order valence-electron chi connectivity index (χ3n) is 7.68. The van der Waals surface area contributed by atoms with Crippen molar-refractivity contribution in [1.29, 1.82) is 0 Å². The average Bonchev–Trinajstić information content (AvgIpc) is 3.26. The summed E-state index contributed by atoms with van der Waals surface area (Å²) in [7, 11) is 1.40. The molecule has 7 rings (SSSR count). The van der Waals surface area contributed by atoms with Gasteiger partial charge in [0.1, 0.15) is 28.7 Å². The Bertz CT molecular complexity index is 1680. The van der Waals surface area contributed by atoms with Crippen molar-refractivity contribution < 1.29 is 40.7 Å². The Morgan fingerprint density at radius 3 is 2.27 bits per heavy atom. The van der Waals surface area contributed by atoms with Crippen LogP contribution in [0.4, 0.5) is 22.0 Å². The third kappa shape index (κ3) is 4.89. The highest BCUT2D eigenvalue weighted by atomic mass is 19.4. The van der Waals surface area contributed by atoms with Crippen molar-refractivity contribution >= 4 is 22.8 Å². The zero-order chi connectivity index (χ0) is 29.1. The summed E-state index contributed by atoms with van der Waals surface area (Å²) < 4.78 is 78.9. The molecule has 212 valence electrons. The molecule has 2 N–H and O–H groups in total. The Morgan fingerprint density at radius 2 is 1.66 bits per heavy atom. The highest BCUT2D eigenvalue weighted by molar-refractivity contribution is 6.12. The van der Waals surface area contributed by atoms with Gasteiger partial charge in [-0.1, -0.05) is 6.07 Å². The maximum atomic E-state index is 14.8. The Morgan fingerprint density at radius 1 is 0.976 bits per heavy atom. The molecule has 3 aliphatic carbocycles. The van der Waals surface area contributed by atoms with Crippen molar-refractivity contribution in [2.24, 2.45) is 5.92 Å². The molecule has 0 atom stereocenters. The van der Waals surface area contributed by atoms with Crippen LogP contribution in [0.5, 0.6) is 5.75 Å². The van der Waals surface area contributed by atoms with E-state index in [1.807, 2.05) is 0 Å². The monoisotopic (exact) mass is 570 g/mol. The van der Waals surface area contributed by atoms with E-state index in [0.717, 1.165) is 25.3 Å². The molecule has 4 aromatic rings. The van der Waals surface area contributed by atoms with Crippen molar-refractivity contribution in [2.75, 3.05) is 13.7 Å². The second-order valence-electron chi connectivity index (χ2n) is 10.5. The van der Waals surface area contributed by atoms with Gasteiger partial charge in [0, 0.05) is 35.2 Å². The number of halogens is 5. The van der Waals surface area contributed by atoms with Crippen LogP contribution >= 0.6 is 0 Å². The molecule has 0 unspecified atom stereocenters. The number of amides is 2. The van der Waals surface area contributed by atoms with E-state index in [1.54, 1.807) is 0 Å². The van der Waals surface area contributed by atoms with Crippen molar-refractivity contribution in [3.63, 3.8) is 0 Å². The number of fused-ring (bicyclic) bond motifs is 1. The Hall–Kier alpha value is -4.41. The normalized spacial score (nSPS) is 19.3. The summed E-state index contributed by atoms with van der Waals surface area (Å²) in [6.45, 7) is -1.63. The molecule has 1 aromatic heterocycles. The van der Waals surface area contributed by atoms with Gasteiger partial charge in [-0.3, -0.25) is 9.59 Å². The van der Waals surface area contributed by atoms with Crippen molar-refractivity contribution in [1.82, 2.24) is 10.6 Å². The van der Waals surface area contributed by atoms with Gasteiger partial charge in [0.05, 0.1) is 11.1 Å². The molecule has 0 radical (unpaired) electrons.